The fourth-order valence-electron chi connectivity index (χ4n) is 1.72. The summed E-state index contributed by atoms with van der Waals surface area (Å²) in [4.78, 5) is 20.1. The van der Waals surface area contributed by atoms with Crippen molar-refractivity contribution in [3.05, 3.63) is 52.8 Å². The summed E-state index contributed by atoms with van der Waals surface area (Å²) in [6.07, 6.45) is 2.44. The number of amides is 1. The van der Waals surface area contributed by atoms with Gasteiger partial charge in [0.2, 0.25) is 5.95 Å². The summed E-state index contributed by atoms with van der Waals surface area (Å²) in [6.45, 7) is 3.13. The van der Waals surface area contributed by atoms with Crippen molar-refractivity contribution in [2.45, 2.75) is 19.9 Å². The van der Waals surface area contributed by atoms with Gasteiger partial charge in [-0.1, -0.05) is 36.7 Å². The molecule has 21 heavy (non-hydrogen) atoms. The van der Waals surface area contributed by atoms with Crippen LogP contribution in [0.2, 0.25) is 5.02 Å². The number of rotatable bonds is 6. The number of benzene rings is 1. The lowest BCUT2D eigenvalue weighted by Gasteiger charge is -2.08. The van der Waals surface area contributed by atoms with Gasteiger partial charge in [-0.05, 0) is 24.1 Å². The second kappa shape index (κ2) is 7.59. The van der Waals surface area contributed by atoms with Crippen LogP contribution >= 0.6 is 11.6 Å². The monoisotopic (exact) mass is 304 g/mol. The van der Waals surface area contributed by atoms with Crippen LogP contribution < -0.4 is 10.6 Å². The molecule has 0 saturated heterocycles. The molecule has 1 aromatic heterocycles. The van der Waals surface area contributed by atoms with Gasteiger partial charge in [0.1, 0.15) is 5.69 Å². The topological polar surface area (TPSA) is 66.9 Å². The largest absolute Gasteiger partial charge is 0.351 e. The zero-order chi connectivity index (χ0) is 15.1. The molecule has 0 spiro atoms. The molecule has 0 radical (unpaired) electrons. The van der Waals surface area contributed by atoms with Gasteiger partial charge in [-0.2, -0.15) is 0 Å². The fraction of sp³-hybridized carbons (Fsp3) is 0.267. The number of hydrogen-bond donors (Lipinski definition) is 2. The molecule has 0 aliphatic heterocycles. The minimum atomic E-state index is -0.194. The van der Waals surface area contributed by atoms with Crippen LogP contribution in [0.1, 0.15) is 29.4 Å². The van der Waals surface area contributed by atoms with E-state index in [9.17, 15) is 4.79 Å². The zero-order valence-electron chi connectivity index (χ0n) is 11.8. The Bertz CT molecular complexity index is 618. The van der Waals surface area contributed by atoms with Gasteiger partial charge >= 0.3 is 0 Å². The highest BCUT2D eigenvalue weighted by atomic mass is 35.5. The molecule has 6 heteroatoms. The number of hydrogen-bond acceptors (Lipinski definition) is 4. The Balaban J connectivity index is 2.01. The van der Waals surface area contributed by atoms with E-state index >= 15 is 0 Å². The molecule has 1 amide bonds. The lowest BCUT2D eigenvalue weighted by atomic mass is 10.2. The smallest absolute Gasteiger partial charge is 0.270 e. The Labute approximate surface area is 128 Å². The van der Waals surface area contributed by atoms with Gasteiger partial charge in [-0.3, -0.25) is 4.79 Å². The van der Waals surface area contributed by atoms with Gasteiger partial charge in [0.15, 0.2) is 0 Å². The molecule has 0 aliphatic carbocycles. The molecule has 2 N–H and O–H groups in total. The summed E-state index contributed by atoms with van der Waals surface area (Å²) in [7, 11) is 0. The molecule has 5 nitrogen and oxygen atoms in total. The predicted molar refractivity (Wildman–Crippen MR) is 83.4 cm³/mol. The summed E-state index contributed by atoms with van der Waals surface area (Å²) in [6, 6.07) is 9.13. The van der Waals surface area contributed by atoms with Gasteiger partial charge in [-0.15, -0.1) is 0 Å². The predicted octanol–water partition coefficient (Wildman–Crippen LogP) is 2.88. The quantitative estimate of drug-likeness (QED) is 0.861. The van der Waals surface area contributed by atoms with Crippen LogP contribution in [-0.2, 0) is 6.54 Å². The second-order valence-electron chi connectivity index (χ2n) is 4.47. The normalized spacial score (nSPS) is 10.2. The van der Waals surface area contributed by atoms with E-state index in [0.29, 0.717) is 29.8 Å². The third-order valence-electron chi connectivity index (χ3n) is 2.82. The summed E-state index contributed by atoms with van der Waals surface area (Å²) in [5.41, 5.74) is 1.30. The van der Waals surface area contributed by atoms with Gasteiger partial charge < -0.3 is 10.6 Å². The Hall–Kier alpha value is -2.14. The molecule has 0 unspecified atom stereocenters. The molecule has 110 valence electrons. The van der Waals surface area contributed by atoms with Gasteiger partial charge in [0.25, 0.3) is 5.91 Å². The minimum Gasteiger partial charge on any atom is -0.351 e. The van der Waals surface area contributed by atoms with Crippen LogP contribution in [-0.4, -0.2) is 22.4 Å². The van der Waals surface area contributed by atoms with Crippen molar-refractivity contribution in [3.8, 4) is 0 Å². The summed E-state index contributed by atoms with van der Waals surface area (Å²) in [5.74, 6) is 0.208. The summed E-state index contributed by atoms with van der Waals surface area (Å²) in [5, 5.41) is 6.53. The van der Waals surface area contributed by atoms with Crippen molar-refractivity contribution < 1.29 is 4.79 Å². The number of anilines is 1. The maximum atomic E-state index is 11.8. The fourth-order valence-corrected chi connectivity index (χ4v) is 1.92. The van der Waals surface area contributed by atoms with Crippen molar-refractivity contribution in [3.63, 3.8) is 0 Å². The van der Waals surface area contributed by atoms with Crippen LogP contribution in [0, 0.1) is 0 Å². The van der Waals surface area contributed by atoms with E-state index < -0.39 is 0 Å². The number of halogens is 1. The maximum Gasteiger partial charge on any atom is 0.270 e. The number of carbonyl (C=O) groups is 1. The van der Waals surface area contributed by atoms with E-state index in [4.69, 9.17) is 11.6 Å². The Morgan fingerprint density at radius 3 is 2.86 bits per heavy atom. The maximum absolute atomic E-state index is 11.8. The Morgan fingerprint density at radius 2 is 2.10 bits per heavy atom. The molecular weight excluding hydrogens is 288 g/mol. The van der Waals surface area contributed by atoms with E-state index in [-0.39, 0.29) is 5.91 Å². The molecule has 0 atom stereocenters. The summed E-state index contributed by atoms with van der Waals surface area (Å²) < 4.78 is 0. The highest BCUT2D eigenvalue weighted by Gasteiger charge is 2.08. The molecule has 1 heterocycles. The first kappa shape index (κ1) is 15.3. The van der Waals surface area contributed by atoms with E-state index in [1.807, 2.05) is 31.2 Å². The van der Waals surface area contributed by atoms with Crippen LogP contribution in [0.4, 0.5) is 5.95 Å². The van der Waals surface area contributed by atoms with Gasteiger partial charge in [-0.25, -0.2) is 9.97 Å². The van der Waals surface area contributed by atoms with Crippen molar-refractivity contribution in [2.24, 2.45) is 0 Å². The lowest BCUT2D eigenvalue weighted by molar-refractivity contribution is 0.0948. The molecule has 0 saturated carbocycles. The van der Waals surface area contributed by atoms with Crippen molar-refractivity contribution >= 4 is 23.5 Å². The van der Waals surface area contributed by atoms with Crippen molar-refractivity contribution in [1.82, 2.24) is 15.3 Å². The van der Waals surface area contributed by atoms with Crippen molar-refractivity contribution in [2.75, 3.05) is 11.9 Å². The Morgan fingerprint density at radius 1 is 1.29 bits per heavy atom. The number of nitrogens with one attached hydrogen (secondary N) is 2. The van der Waals surface area contributed by atoms with Crippen molar-refractivity contribution in [1.29, 1.82) is 0 Å². The molecular formula is C15H17ClN4O. The number of carbonyl (C=O) groups excluding carboxylic acids is 1. The number of nitrogens with zero attached hydrogens (tertiary/aromatic N) is 2. The average molecular weight is 305 g/mol. The van der Waals surface area contributed by atoms with E-state index in [2.05, 4.69) is 20.6 Å². The molecule has 0 bridgehead atoms. The highest BCUT2D eigenvalue weighted by molar-refractivity contribution is 6.31. The standard InChI is InChI=1S/C15H17ClN4O/c1-2-8-17-14(21)13-7-9-18-15(20-13)19-10-11-5-3-4-6-12(11)16/h3-7,9H,2,8,10H2,1H3,(H,17,21)(H,18,19,20). The van der Waals surface area contributed by atoms with Crippen LogP contribution in [0.15, 0.2) is 36.5 Å². The number of aromatic nitrogens is 2. The first-order chi connectivity index (χ1) is 10.2. The molecule has 0 fully saturated rings. The van der Waals surface area contributed by atoms with E-state index in [1.165, 1.54) is 0 Å². The first-order valence-corrected chi connectivity index (χ1v) is 7.17. The zero-order valence-corrected chi connectivity index (χ0v) is 12.5. The molecule has 0 aliphatic rings. The van der Waals surface area contributed by atoms with Gasteiger partial charge in [0.05, 0.1) is 0 Å². The summed E-state index contributed by atoms with van der Waals surface area (Å²) >= 11 is 6.08. The minimum absolute atomic E-state index is 0.194. The third kappa shape index (κ3) is 4.43. The lowest BCUT2D eigenvalue weighted by Crippen LogP contribution is -2.25. The van der Waals surface area contributed by atoms with E-state index in [0.717, 1.165) is 12.0 Å². The SMILES string of the molecule is CCCNC(=O)c1ccnc(NCc2ccccc2Cl)n1. The van der Waals surface area contributed by atoms with E-state index in [1.54, 1.807) is 12.3 Å². The molecule has 2 rings (SSSR count). The van der Waals surface area contributed by atoms with Crippen LogP contribution in [0.3, 0.4) is 0 Å². The molecule has 1 aromatic carbocycles. The Kier molecular flexibility index (Phi) is 5.51. The second-order valence-corrected chi connectivity index (χ2v) is 4.87. The first-order valence-electron chi connectivity index (χ1n) is 6.79. The van der Waals surface area contributed by atoms with Gasteiger partial charge in [0, 0.05) is 24.3 Å². The average Bonchev–Trinajstić information content (AvgIpc) is 2.52. The third-order valence-corrected chi connectivity index (χ3v) is 3.19. The van der Waals surface area contributed by atoms with Crippen LogP contribution in [0.5, 0.6) is 0 Å². The highest BCUT2D eigenvalue weighted by Crippen LogP contribution is 2.15. The molecule has 2 aromatic rings. The van der Waals surface area contributed by atoms with Crippen LogP contribution in [0.25, 0.3) is 0 Å².